The fourth-order valence-corrected chi connectivity index (χ4v) is 2.39. The molecule has 0 saturated carbocycles. The van der Waals surface area contributed by atoms with Crippen LogP contribution in [-0.4, -0.2) is 5.91 Å². The van der Waals surface area contributed by atoms with Crippen LogP contribution in [0.2, 0.25) is 0 Å². The van der Waals surface area contributed by atoms with Crippen LogP contribution in [-0.2, 0) is 10.3 Å². The third kappa shape index (κ3) is 3.05. The Balaban J connectivity index is 2.46. The summed E-state index contributed by atoms with van der Waals surface area (Å²) in [7, 11) is 0. The lowest BCUT2D eigenvalue weighted by Gasteiger charge is -2.32. The highest BCUT2D eigenvalue weighted by Crippen LogP contribution is 2.30. The molecular weight excluding hydrogens is 267 g/mol. The number of carbonyl (C=O) groups is 1. The van der Waals surface area contributed by atoms with Gasteiger partial charge >= 0.3 is 0 Å². The first-order valence-corrected chi connectivity index (χ1v) is 6.89. The summed E-state index contributed by atoms with van der Waals surface area (Å²) >= 11 is 0. The van der Waals surface area contributed by atoms with E-state index in [1.54, 1.807) is 12.1 Å². The van der Waals surface area contributed by atoms with Crippen molar-refractivity contribution >= 4 is 11.6 Å². The Bertz CT molecular complexity index is 639. The molecule has 1 atom stereocenters. The molecule has 3 nitrogen and oxygen atoms in total. The van der Waals surface area contributed by atoms with Crippen LogP contribution in [0.25, 0.3) is 0 Å². The molecule has 4 heteroatoms. The number of hydrogen-bond acceptors (Lipinski definition) is 2. The molecular formula is C17H19FN2O. The van der Waals surface area contributed by atoms with Crippen LogP contribution in [0.5, 0.6) is 0 Å². The summed E-state index contributed by atoms with van der Waals surface area (Å²) in [6.07, 6.45) is 0.460. The second-order valence-electron chi connectivity index (χ2n) is 5.12. The zero-order valence-corrected chi connectivity index (χ0v) is 12.2. The Morgan fingerprint density at radius 1 is 1.24 bits per heavy atom. The highest BCUT2D eigenvalue weighted by atomic mass is 19.1. The number of amides is 1. The molecule has 1 unspecified atom stereocenters. The van der Waals surface area contributed by atoms with Crippen LogP contribution in [0.3, 0.4) is 0 Å². The number of anilines is 1. The zero-order valence-electron chi connectivity index (χ0n) is 12.2. The van der Waals surface area contributed by atoms with E-state index in [1.165, 1.54) is 12.1 Å². The van der Waals surface area contributed by atoms with Gasteiger partial charge in [-0.1, -0.05) is 42.8 Å². The van der Waals surface area contributed by atoms with Gasteiger partial charge in [-0.2, -0.15) is 0 Å². The van der Waals surface area contributed by atoms with Crippen LogP contribution in [0.1, 0.15) is 24.5 Å². The van der Waals surface area contributed by atoms with Gasteiger partial charge in [0, 0.05) is 5.69 Å². The molecule has 0 aliphatic carbocycles. The predicted molar refractivity (Wildman–Crippen MR) is 82.4 cm³/mol. The van der Waals surface area contributed by atoms with Gasteiger partial charge in [-0.05, 0) is 37.1 Å². The van der Waals surface area contributed by atoms with Crippen LogP contribution in [0, 0.1) is 12.7 Å². The first-order valence-electron chi connectivity index (χ1n) is 6.89. The molecule has 0 heterocycles. The summed E-state index contributed by atoms with van der Waals surface area (Å²) in [6, 6.07) is 13.6. The molecule has 0 spiro atoms. The number of primary amides is 1. The van der Waals surface area contributed by atoms with Crippen molar-refractivity contribution in [1.82, 2.24) is 0 Å². The van der Waals surface area contributed by atoms with Gasteiger partial charge in [0.05, 0.1) is 0 Å². The van der Waals surface area contributed by atoms with Crippen molar-refractivity contribution < 1.29 is 9.18 Å². The Morgan fingerprint density at radius 2 is 1.90 bits per heavy atom. The molecule has 2 aromatic carbocycles. The first kappa shape index (κ1) is 15.0. The topological polar surface area (TPSA) is 55.1 Å². The maximum atomic E-state index is 13.3. The Morgan fingerprint density at radius 3 is 2.43 bits per heavy atom. The zero-order chi connectivity index (χ0) is 15.5. The normalized spacial score (nSPS) is 13.5. The van der Waals surface area contributed by atoms with Gasteiger partial charge in [0.15, 0.2) is 0 Å². The lowest BCUT2D eigenvalue weighted by Crippen LogP contribution is -2.47. The summed E-state index contributed by atoms with van der Waals surface area (Å²) in [4.78, 5) is 12.1. The first-order chi connectivity index (χ1) is 9.98. The largest absolute Gasteiger partial charge is 0.368 e. The molecule has 0 aromatic heterocycles. The average Bonchev–Trinajstić information content (AvgIpc) is 2.45. The lowest BCUT2D eigenvalue weighted by atomic mass is 9.85. The number of nitrogens with two attached hydrogens (primary N) is 1. The number of benzene rings is 2. The predicted octanol–water partition coefficient (Wildman–Crippen LogP) is 3.34. The fraction of sp³-hybridized carbons (Fsp3) is 0.235. The van der Waals surface area contributed by atoms with Crippen molar-refractivity contribution in [2.24, 2.45) is 5.73 Å². The van der Waals surface area contributed by atoms with E-state index in [9.17, 15) is 9.18 Å². The van der Waals surface area contributed by atoms with Crippen molar-refractivity contribution in [3.05, 3.63) is 65.5 Å². The Labute approximate surface area is 124 Å². The number of nitrogens with one attached hydrogen (secondary N) is 1. The van der Waals surface area contributed by atoms with Crippen molar-refractivity contribution in [3.8, 4) is 0 Å². The lowest BCUT2D eigenvalue weighted by molar-refractivity contribution is -0.122. The average molecular weight is 286 g/mol. The Hall–Kier alpha value is -2.36. The molecule has 0 aliphatic rings. The standard InChI is InChI=1S/C17H19FN2O/c1-3-17(16(19)21,13-9-7-12(2)8-10-13)20-15-6-4-5-14(18)11-15/h4-11,20H,3H2,1-2H3,(H2,19,21). The highest BCUT2D eigenvalue weighted by Gasteiger charge is 2.36. The molecule has 0 saturated heterocycles. The molecule has 0 bridgehead atoms. The number of halogens is 1. The summed E-state index contributed by atoms with van der Waals surface area (Å²) in [5.74, 6) is -0.850. The van der Waals surface area contributed by atoms with E-state index in [0.717, 1.165) is 11.1 Å². The van der Waals surface area contributed by atoms with E-state index < -0.39 is 11.4 Å². The maximum absolute atomic E-state index is 13.3. The van der Waals surface area contributed by atoms with Crippen LogP contribution >= 0.6 is 0 Å². The molecule has 3 N–H and O–H groups in total. The quantitative estimate of drug-likeness (QED) is 0.885. The third-order valence-electron chi connectivity index (χ3n) is 3.68. The third-order valence-corrected chi connectivity index (χ3v) is 3.68. The number of carbonyl (C=O) groups excluding carboxylic acids is 1. The van der Waals surface area contributed by atoms with E-state index >= 15 is 0 Å². The molecule has 0 radical (unpaired) electrons. The molecule has 1 amide bonds. The van der Waals surface area contributed by atoms with Gasteiger partial charge in [0.25, 0.3) is 0 Å². The van der Waals surface area contributed by atoms with E-state index in [0.29, 0.717) is 12.1 Å². The van der Waals surface area contributed by atoms with E-state index in [-0.39, 0.29) is 5.82 Å². The fourth-order valence-electron chi connectivity index (χ4n) is 2.39. The van der Waals surface area contributed by atoms with Crippen LogP contribution < -0.4 is 11.1 Å². The summed E-state index contributed by atoms with van der Waals surface area (Å²) < 4.78 is 13.3. The summed E-state index contributed by atoms with van der Waals surface area (Å²) in [5.41, 5.74) is 6.98. The molecule has 21 heavy (non-hydrogen) atoms. The van der Waals surface area contributed by atoms with Crippen molar-refractivity contribution in [2.45, 2.75) is 25.8 Å². The molecule has 2 aromatic rings. The van der Waals surface area contributed by atoms with Crippen molar-refractivity contribution in [2.75, 3.05) is 5.32 Å². The smallest absolute Gasteiger partial charge is 0.247 e. The van der Waals surface area contributed by atoms with Gasteiger partial charge in [-0.25, -0.2) is 4.39 Å². The summed E-state index contributed by atoms with van der Waals surface area (Å²) in [6.45, 7) is 3.85. The Kier molecular flexibility index (Phi) is 4.26. The number of aryl methyl sites for hydroxylation is 1. The molecule has 0 fully saturated rings. The van der Waals surface area contributed by atoms with Crippen molar-refractivity contribution in [3.63, 3.8) is 0 Å². The van der Waals surface area contributed by atoms with Crippen LogP contribution in [0.15, 0.2) is 48.5 Å². The minimum atomic E-state index is -1.05. The van der Waals surface area contributed by atoms with Gasteiger partial charge < -0.3 is 11.1 Å². The van der Waals surface area contributed by atoms with Gasteiger partial charge in [-0.3, -0.25) is 4.79 Å². The molecule has 110 valence electrons. The summed E-state index contributed by atoms with van der Waals surface area (Å²) in [5, 5.41) is 3.10. The second kappa shape index (κ2) is 5.95. The number of hydrogen-bond donors (Lipinski definition) is 2. The number of rotatable bonds is 5. The van der Waals surface area contributed by atoms with E-state index in [4.69, 9.17) is 5.73 Å². The van der Waals surface area contributed by atoms with Crippen LogP contribution in [0.4, 0.5) is 10.1 Å². The van der Waals surface area contributed by atoms with E-state index in [1.807, 2.05) is 38.1 Å². The minimum absolute atomic E-state index is 0.363. The second-order valence-corrected chi connectivity index (χ2v) is 5.12. The highest BCUT2D eigenvalue weighted by molar-refractivity contribution is 5.89. The minimum Gasteiger partial charge on any atom is -0.368 e. The SMILES string of the molecule is CCC(Nc1cccc(F)c1)(C(N)=O)c1ccc(C)cc1. The van der Waals surface area contributed by atoms with Gasteiger partial charge in [0.2, 0.25) is 5.91 Å². The van der Waals surface area contributed by atoms with Gasteiger partial charge in [-0.15, -0.1) is 0 Å². The molecule has 0 aliphatic heterocycles. The monoisotopic (exact) mass is 286 g/mol. The van der Waals surface area contributed by atoms with Gasteiger partial charge in [0.1, 0.15) is 11.4 Å². The van der Waals surface area contributed by atoms with Crippen molar-refractivity contribution in [1.29, 1.82) is 0 Å². The van der Waals surface area contributed by atoms with E-state index in [2.05, 4.69) is 5.32 Å². The maximum Gasteiger partial charge on any atom is 0.247 e. The molecule has 2 rings (SSSR count).